The molecule has 4 aliphatic heterocycles. The van der Waals surface area contributed by atoms with E-state index in [4.69, 9.17) is 43.0 Å². The number of benzene rings is 2. The second kappa shape index (κ2) is 17.7. The second-order valence-electron chi connectivity index (χ2n) is 13.7. The lowest BCUT2D eigenvalue weighted by Crippen LogP contribution is -2.63. The summed E-state index contributed by atoms with van der Waals surface area (Å²) in [4.78, 5) is 22.7. The van der Waals surface area contributed by atoms with Gasteiger partial charge in [-0.15, -0.1) is 0 Å². The zero-order valence-corrected chi connectivity index (χ0v) is 29.8. The topological polar surface area (TPSA) is 371 Å². The number of aliphatic hydroxyl groups excluding tert-OH is 9. The van der Waals surface area contributed by atoms with Crippen LogP contribution in [0.2, 0.25) is 0 Å². The highest BCUT2D eigenvalue weighted by Gasteiger charge is 2.51. The molecule has 15 atom stereocenters. The number of hydrogen-bond donors (Lipinski definition) is 13. The number of carbonyl (C=O) groups is 2. The van der Waals surface area contributed by atoms with Gasteiger partial charge in [-0.25, -0.2) is 0 Å². The van der Waals surface area contributed by atoms with E-state index in [0.29, 0.717) is 0 Å². The van der Waals surface area contributed by atoms with Gasteiger partial charge in [-0.05, 0) is 18.2 Å². The van der Waals surface area contributed by atoms with Crippen LogP contribution in [0.5, 0.6) is 28.7 Å². The minimum Gasteiger partial charge on any atom is -0.508 e. The summed E-state index contributed by atoms with van der Waals surface area (Å²) in [6, 6.07) is 5.66. The van der Waals surface area contributed by atoms with Gasteiger partial charge in [0.25, 0.3) is 0 Å². The van der Waals surface area contributed by atoms with Crippen molar-refractivity contribution < 1.29 is 114 Å². The van der Waals surface area contributed by atoms with Gasteiger partial charge in [0, 0.05) is 17.7 Å². The third-order valence-corrected chi connectivity index (χ3v) is 9.62. The van der Waals surface area contributed by atoms with E-state index in [1.54, 1.807) is 0 Å². The predicted octanol–water partition coefficient (Wildman–Crippen LogP) is -4.24. The standard InChI is InChI=1S/C35H42O23/c36-8-20-25(45)28(48)32(58-33-29(49)24(44)16(40)9-52-33)35(56-20)55-19-6-13-17(53-31(19)11-1-2-14(38)15(39)3-11)4-12(37)5-18(13)54-34-30(50)27(47)26(46)21(57-34)10-51-23(43)7-22(41)42/h1-6,16,20-21,24-40,44-50H,7-10H2,(H,41,42). The van der Waals surface area contributed by atoms with Crippen molar-refractivity contribution in [2.75, 3.05) is 19.8 Å². The van der Waals surface area contributed by atoms with E-state index in [0.717, 1.165) is 24.3 Å². The van der Waals surface area contributed by atoms with Crippen molar-refractivity contribution in [2.45, 2.75) is 98.5 Å². The van der Waals surface area contributed by atoms with Crippen molar-refractivity contribution in [2.24, 2.45) is 0 Å². The van der Waals surface area contributed by atoms with E-state index in [2.05, 4.69) is 0 Å². The molecule has 3 fully saturated rings. The molecule has 0 spiro atoms. The van der Waals surface area contributed by atoms with Crippen LogP contribution in [0.4, 0.5) is 0 Å². The minimum absolute atomic E-state index is 0.0800. The summed E-state index contributed by atoms with van der Waals surface area (Å²) in [5.74, 6) is -5.08. The van der Waals surface area contributed by atoms with Gasteiger partial charge in [0.2, 0.25) is 12.6 Å². The summed E-state index contributed by atoms with van der Waals surface area (Å²) in [5.41, 5.74) is 0.0146. The van der Waals surface area contributed by atoms with Crippen LogP contribution < -0.4 is 9.47 Å². The number of aromatic hydroxyl groups is 3. The summed E-state index contributed by atoms with van der Waals surface area (Å²) in [5, 5.41) is 134. The van der Waals surface area contributed by atoms with Gasteiger partial charge < -0.3 is 104 Å². The molecule has 0 aromatic heterocycles. The van der Waals surface area contributed by atoms with Crippen molar-refractivity contribution in [3.63, 3.8) is 0 Å². The lowest BCUT2D eigenvalue weighted by atomic mass is 9.97. The number of esters is 1. The van der Waals surface area contributed by atoms with Gasteiger partial charge in [-0.3, -0.25) is 9.59 Å². The molecule has 2 aromatic carbocycles. The Hall–Kier alpha value is -4.60. The molecule has 0 aliphatic carbocycles. The van der Waals surface area contributed by atoms with E-state index in [1.807, 2.05) is 0 Å². The Morgan fingerprint density at radius 3 is 2.12 bits per heavy atom. The molecule has 0 radical (unpaired) electrons. The van der Waals surface area contributed by atoms with Crippen molar-refractivity contribution in [3.05, 3.63) is 47.2 Å². The first-order valence-electron chi connectivity index (χ1n) is 17.6. The molecule has 23 heteroatoms. The van der Waals surface area contributed by atoms with Crippen molar-refractivity contribution in [1.29, 1.82) is 0 Å². The Morgan fingerprint density at radius 2 is 1.43 bits per heavy atom. The van der Waals surface area contributed by atoms with E-state index >= 15 is 0 Å². The zero-order valence-electron chi connectivity index (χ0n) is 29.8. The van der Waals surface area contributed by atoms with Crippen LogP contribution in [0, 0.1) is 0 Å². The number of aliphatic hydroxyl groups is 9. The molecule has 23 nitrogen and oxygen atoms in total. The molecule has 0 saturated carbocycles. The number of aliphatic carboxylic acids is 1. The van der Waals surface area contributed by atoms with Gasteiger partial charge in [0.1, 0.15) is 97.1 Å². The number of phenolic OH excluding ortho intramolecular Hbond substituents is 3. The number of carboxylic acid groups (broad SMARTS) is 1. The number of carbonyl (C=O) groups excluding carboxylic acids is 1. The molecule has 320 valence electrons. The van der Waals surface area contributed by atoms with E-state index in [9.17, 15) is 70.9 Å². The molecule has 0 bridgehead atoms. The maximum atomic E-state index is 11.8. The number of rotatable bonds is 12. The smallest absolute Gasteiger partial charge is 0.317 e. The Kier molecular flexibility index (Phi) is 13.1. The molecule has 13 N–H and O–H groups in total. The fourth-order valence-corrected chi connectivity index (χ4v) is 6.47. The highest BCUT2D eigenvalue weighted by atomic mass is 16.8. The Labute approximate surface area is 326 Å². The quantitative estimate of drug-likeness (QED) is 0.0547. The molecule has 4 aliphatic rings. The third-order valence-electron chi connectivity index (χ3n) is 9.62. The molecule has 6 rings (SSSR count). The lowest BCUT2D eigenvalue weighted by Gasteiger charge is -2.45. The highest BCUT2D eigenvalue weighted by Crippen LogP contribution is 2.46. The molecule has 4 heterocycles. The molecule has 3 saturated heterocycles. The first-order valence-corrected chi connectivity index (χ1v) is 17.6. The number of ether oxygens (including phenoxy) is 8. The summed E-state index contributed by atoms with van der Waals surface area (Å²) in [7, 11) is 0. The van der Waals surface area contributed by atoms with Crippen LogP contribution in [0.25, 0.3) is 6.08 Å². The first-order chi connectivity index (χ1) is 27.5. The van der Waals surface area contributed by atoms with Crippen LogP contribution >= 0.6 is 0 Å². The van der Waals surface area contributed by atoms with Gasteiger partial charge in [-0.2, -0.15) is 0 Å². The monoisotopic (exact) mass is 830 g/mol. The minimum atomic E-state index is -1.98. The largest absolute Gasteiger partial charge is 0.508 e. The molecule has 0 amide bonds. The van der Waals surface area contributed by atoms with E-state index in [-0.39, 0.29) is 28.4 Å². The van der Waals surface area contributed by atoms with Gasteiger partial charge in [-0.1, -0.05) is 6.07 Å². The van der Waals surface area contributed by atoms with Gasteiger partial charge in [0.15, 0.2) is 30.0 Å². The number of hydrogen-bond acceptors (Lipinski definition) is 22. The lowest BCUT2D eigenvalue weighted by molar-refractivity contribution is -0.352. The Balaban J connectivity index is 1.35. The molecule has 15 unspecified atom stereocenters. The fourth-order valence-electron chi connectivity index (χ4n) is 6.47. The molecule has 2 aromatic rings. The Morgan fingerprint density at radius 1 is 0.741 bits per heavy atom. The second-order valence-corrected chi connectivity index (χ2v) is 13.7. The molecule has 58 heavy (non-hydrogen) atoms. The fraction of sp³-hybridized carbons (Fsp3) is 0.543. The van der Waals surface area contributed by atoms with Crippen LogP contribution in [-0.4, -0.2) is 184 Å². The number of phenols is 3. The van der Waals surface area contributed by atoms with Gasteiger partial charge >= 0.3 is 11.9 Å². The zero-order chi connectivity index (χ0) is 42.2. The van der Waals surface area contributed by atoms with Crippen LogP contribution in [-0.2, 0) is 38.0 Å². The van der Waals surface area contributed by atoms with Crippen LogP contribution in [0.1, 0.15) is 23.7 Å². The van der Waals surface area contributed by atoms with Crippen molar-refractivity contribution in [3.8, 4) is 28.7 Å². The van der Waals surface area contributed by atoms with Crippen LogP contribution in [0.15, 0.2) is 36.1 Å². The summed E-state index contributed by atoms with van der Waals surface area (Å²) < 4.78 is 45.4. The van der Waals surface area contributed by atoms with E-state index < -0.39 is 148 Å². The summed E-state index contributed by atoms with van der Waals surface area (Å²) in [6.45, 7) is -2.14. The average molecular weight is 831 g/mol. The average Bonchev–Trinajstić information content (AvgIpc) is 3.17. The maximum absolute atomic E-state index is 11.8. The Bertz CT molecular complexity index is 1820. The third kappa shape index (κ3) is 9.01. The summed E-state index contributed by atoms with van der Waals surface area (Å²) >= 11 is 0. The van der Waals surface area contributed by atoms with E-state index in [1.165, 1.54) is 12.1 Å². The van der Waals surface area contributed by atoms with Crippen molar-refractivity contribution >= 4 is 18.0 Å². The van der Waals surface area contributed by atoms with Crippen LogP contribution in [0.3, 0.4) is 0 Å². The maximum Gasteiger partial charge on any atom is 0.317 e. The molecular formula is C35H42O23. The van der Waals surface area contributed by atoms with Crippen molar-refractivity contribution in [1.82, 2.24) is 0 Å². The normalized spacial score (nSPS) is 36.2. The first kappa shape index (κ1) is 43.0. The van der Waals surface area contributed by atoms with Gasteiger partial charge in [0.05, 0.1) is 18.8 Å². The SMILES string of the molecule is O=C(O)CC(=O)OCC1OC(Oc2cc(O)cc3c2C=C(OC2OC(CO)C(O)C(O)C2OC2OCC(O)C(O)C2O)C(c2ccc(O)c(O)c2)O3)C(O)C(O)C1O. The number of carboxylic acids is 1. The predicted molar refractivity (Wildman–Crippen MR) is 181 cm³/mol. The molecular weight excluding hydrogens is 788 g/mol. The number of fused-ring (bicyclic) bond motifs is 1. The highest BCUT2D eigenvalue weighted by molar-refractivity contribution is 5.90. The summed E-state index contributed by atoms with van der Waals surface area (Å²) in [6.07, 6.45) is -26.1.